The Balaban J connectivity index is 2.36. The molecule has 2 aliphatic heterocycles. The van der Waals surface area contributed by atoms with Gasteiger partial charge in [0.2, 0.25) is 0 Å². The second kappa shape index (κ2) is 14.8. The van der Waals surface area contributed by atoms with Crippen LogP contribution in [0.2, 0.25) is 0 Å². The second-order valence-corrected chi connectivity index (χ2v) is 15.2. The molecule has 0 aliphatic carbocycles. The number of carbonyl (C=O) groups is 2. The maximum atomic E-state index is 14.5. The number of hydrogen-bond acceptors (Lipinski definition) is 5. The summed E-state index contributed by atoms with van der Waals surface area (Å²) in [6, 6.07) is 0. The molecule has 2 saturated heterocycles. The van der Waals surface area contributed by atoms with Crippen LogP contribution in [0.15, 0.2) is 0 Å². The Bertz CT molecular complexity index is 896. The first-order valence-electron chi connectivity index (χ1n) is 17.4. The van der Waals surface area contributed by atoms with Crippen LogP contribution < -0.4 is 0 Å². The molecular weight excluding hydrogens is 524 g/mol. The highest BCUT2D eigenvalue weighted by Gasteiger charge is 2.55. The van der Waals surface area contributed by atoms with Gasteiger partial charge in [-0.3, -0.25) is 19.4 Å². The van der Waals surface area contributed by atoms with Gasteiger partial charge >= 0.3 is 11.9 Å². The van der Waals surface area contributed by atoms with E-state index in [0.29, 0.717) is 5.92 Å². The van der Waals surface area contributed by atoms with Crippen molar-refractivity contribution in [2.75, 3.05) is 14.1 Å². The molecule has 9 unspecified atom stereocenters. The van der Waals surface area contributed by atoms with Gasteiger partial charge in [0.15, 0.2) is 0 Å². The van der Waals surface area contributed by atoms with Crippen LogP contribution in [0.3, 0.4) is 0 Å². The standard InChI is InChI=1S/C36H68N2O4/c1-13-33(7)24-29(26(5)35(9,15-3)37(33)11)28(22-20-18-17-19-21-23-31(39)40)32(41)42-30-25-34(8,14-2)38(12)36(10,16-4)27(30)6/h26-30H,13-25H2,1-12H3,(H,39,40). The van der Waals surface area contributed by atoms with Crippen molar-refractivity contribution < 1.29 is 19.4 Å². The fourth-order valence-electron chi connectivity index (χ4n) is 8.70. The van der Waals surface area contributed by atoms with Crippen LogP contribution >= 0.6 is 0 Å². The van der Waals surface area contributed by atoms with E-state index >= 15 is 0 Å². The van der Waals surface area contributed by atoms with E-state index in [2.05, 4.69) is 93.1 Å². The molecule has 0 spiro atoms. The molecule has 0 radical (unpaired) electrons. The van der Waals surface area contributed by atoms with Crippen molar-refractivity contribution in [1.82, 2.24) is 9.80 Å². The molecule has 0 aromatic heterocycles. The summed E-state index contributed by atoms with van der Waals surface area (Å²) >= 11 is 0. The van der Waals surface area contributed by atoms with Gasteiger partial charge in [-0.05, 0) is 98.6 Å². The average molecular weight is 593 g/mol. The summed E-state index contributed by atoms with van der Waals surface area (Å²) in [4.78, 5) is 30.6. The molecule has 2 heterocycles. The van der Waals surface area contributed by atoms with Crippen molar-refractivity contribution in [1.29, 1.82) is 0 Å². The number of carbonyl (C=O) groups excluding carboxylic acids is 1. The molecule has 2 fully saturated rings. The van der Waals surface area contributed by atoms with E-state index in [1.165, 1.54) is 0 Å². The first-order valence-corrected chi connectivity index (χ1v) is 17.4. The summed E-state index contributed by atoms with van der Waals surface area (Å²) in [5, 5.41) is 8.97. The third kappa shape index (κ3) is 7.38. The van der Waals surface area contributed by atoms with Crippen LogP contribution in [0.4, 0.5) is 0 Å². The maximum Gasteiger partial charge on any atom is 0.309 e. The summed E-state index contributed by atoms with van der Waals surface area (Å²) in [5.74, 6) is 0.0926. The minimum absolute atomic E-state index is 0.00390. The van der Waals surface area contributed by atoms with Gasteiger partial charge in [0, 0.05) is 40.9 Å². The largest absolute Gasteiger partial charge is 0.481 e. The van der Waals surface area contributed by atoms with E-state index in [0.717, 1.165) is 77.0 Å². The Hall–Kier alpha value is -1.14. The zero-order chi connectivity index (χ0) is 32.1. The number of rotatable bonds is 15. The molecular formula is C36H68N2O4. The van der Waals surface area contributed by atoms with Crippen LogP contribution in [-0.4, -0.2) is 69.2 Å². The second-order valence-electron chi connectivity index (χ2n) is 15.2. The lowest BCUT2D eigenvalue weighted by molar-refractivity contribution is -0.184. The van der Waals surface area contributed by atoms with E-state index in [1.807, 2.05) is 0 Å². The van der Waals surface area contributed by atoms with Crippen molar-refractivity contribution in [3.63, 3.8) is 0 Å². The van der Waals surface area contributed by atoms with Gasteiger partial charge in [-0.2, -0.15) is 0 Å². The number of carboxylic acid groups (broad SMARTS) is 1. The lowest BCUT2D eigenvalue weighted by Crippen LogP contribution is -2.67. The number of esters is 1. The topological polar surface area (TPSA) is 70.1 Å². The summed E-state index contributed by atoms with van der Waals surface area (Å²) in [5.41, 5.74) is 0.0308. The van der Waals surface area contributed by atoms with Gasteiger partial charge in [0.05, 0.1) is 5.92 Å². The fourth-order valence-corrected chi connectivity index (χ4v) is 8.70. The maximum absolute atomic E-state index is 14.5. The van der Waals surface area contributed by atoms with Crippen LogP contribution in [0.1, 0.15) is 153 Å². The SMILES string of the molecule is CCC1(C)CC(OC(=O)C(CCCCCCCC(=O)O)C2CC(C)(CC)N(C)C(C)(CC)C2C)C(C)C(C)(CC)N1C. The number of aliphatic carboxylic acids is 1. The number of ether oxygens (including phenoxy) is 1. The number of carboxylic acids is 1. The van der Waals surface area contributed by atoms with Crippen molar-refractivity contribution in [2.24, 2.45) is 23.7 Å². The molecule has 0 bridgehead atoms. The van der Waals surface area contributed by atoms with E-state index in [4.69, 9.17) is 9.84 Å². The van der Waals surface area contributed by atoms with Crippen molar-refractivity contribution in [3.8, 4) is 0 Å². The number of piperidine rings is 2. The molecule has 0 aromatic carbocycles. The van der Waals surface area contributed by atoms with E-state index in [-0.39, 0.29) is 58.4 Å². The van der Waals surface area contributed by atoms with Gasteiger partial charge < -0.3 is 9.84 Å². The Labute approximate surface area is 259 Å². The molecule has 6 heteroatoms. The number of unbranched alkanes of at least 4 members (excludes halogenated alkanes) is 4. The number of nitrogens with zero attached hydrogens (tertiary/aromatic N) is 2. The fraction of sp³-hybridized carbons (Fsp3) is 0.944. The predicted octanol–water partition coefficient (Wildman–Crippen LogP) is 8.56. The van der Waals surface area contributed by atoms with Gasteiger partial charge in [-0.1, -0.05) is 67.2 Å². The average Bonchev–Trinajstić information content (AvgIpc) is 2.97. The third-order valence-electron chi connectivity index (χ3n) is 13.6. The van der Waals surface area contributed by atoms with Crippen LogP contribution in [-0.2, 0) is 14.3 Å². The van der Waals surface area contributed by atoms with Gasteiger partial charge in [0.1, 0.15) is 6.10 Å². The normalized spacial score (nSPS) is 38.8. The molecule has 246 valence electrons. The molecule has 2 rings (SSSR count). The first-order chi connectivity index (χ1) is 19.5. The van der Waals surface area contributed by atoms with E-state index < -0.39 is 5.97 Å². The van der Waals surface area contributed by atoms with Crippen molar-refractivity contribution >= 4 is 11.9 Å². The summed E-state index contributed by atoms with van der Waals surface area (Å²) in [6.07, 6.45) is 11.8. The Kier molecular flexibility index (Phi) is 13.0. The van der Waals surface area contributed by atoms with Gasteiger partial charge in [-0.25, -0.2) is 0 Å². The molecule has 0 saturated carbocycles. The first kappa shape index (κ1) is 37.0. The van der Waals surface area contributed by atoms with Crippen LogP contribution in [0.25, 0.3) is 0 Å². The lowest BCUT2D eigenvalue weighted by atomic mass is 9.60. The highest BCUT2D eigenvalue weighted by Crippen LogP contribution is 2.51. The molecule has 9 atom stereocenters. The summed E-state index contributed by atoms with van der Waals surface area (Å²) < 4.78 is 6.72. The molecule has 6 nitrogen and oxygen atoms in total. The van der Waals surface area contributed by atoms with Crippen LogP contribution in [0, 0.1) is 23.7 Å². The molecule has 2 aliphatic rings. The third-order valence-corrected chi connectivity index (χ3v) is 13.6. The lowest BCUT2D eigenvalue weighted by Gasteiger charge is -2.61. The van der Waals surface area contributed by atoms with E-state index in [1.54, 1.807) is 0 Å². The van der Waals surface area contributed by atoms with E-state index in [9.17, 15) is 9.59 Å². The minimum atomic E-state index is -0.714. The number of likely N-dealkylation sites (tertiary alicyclic amines) is 2. The van der Waals surface area contributed by atoms with Crippen LogP contribution in [0.5, 0.6) is 0 Å². The zero-order valence-corrected chi connectivity index (χ0v) is 29.6. The zero-order valence-electron chi connectivity index (χ0n) is 29.6. The number of hydrogen-bond donors (Lipinski definition) is 1. The molecule has 42 heavy (non-hydrogen) atoms. The molecule has 0 aromatic rings. The highest BCUT2D eigenvalue weighted by atomic mass is 16.5. The highest BCUT2D eigenvalue weighted by molar-refractivity contribution is 5.73. The van der Waals surface area contributed by atoms with Crippen molar-refractivity contribution in [2.45, 2.75) is 181 Å². The predicted molar refractivity (Wildman–Crippen MR) is 175 cm³/mol. The smallest absolute Gasteiger partial charge is 0.309 e. The Morgan fingerprint density at radius 1 is 0.762 bits per heavy atom. The van der Waals surface area contributed by atoms with Gasteiger partial charge in [-0.15, -0.1) is 0 Å². The Morgan fingerprint density at radius 2 is 1.24 bits per heavy atom. The van der Waals surface area contributed by atoms with Gasteiger partial charge in [0.25, 0.3) is 0 Å². The molecule has 0 amide bonds. The monoisotopic (exact) mass is 593 g/mol. The Morgan fingerprint density at radius 3 is 1.74 bits per heavy atom. The molecule has 1 N–H and O–H groups in total. The summed E-state index contributed by atoms with van der Waals surface area (Å²) in [6.45, 7) is 23.3. The summed E-state index contributed by atoms with van der Waals surface area (Å²) in [7, 11) is 4.56. The van der Waals surface area contributed by atoms with Crippen molar-refractivity contribution in [3.05, 3.63) is 0 Å². The minimum Gasteiger partial charge on any atom is -0.481 e. The quantitative estimate of drug-likeness (QED) is 0.152.